The summed E-state index contributed by atoms with van der Waals surface area (Å²) in [4.78, 5) is 4.35. The molecule has 1 unspecified atom stereocenters. The number of amidine groups is 1. The summed E-state index contributed by atoms with van der Waals surface area (Å²) in [6, 6.07) is 0.00227. The minimum absolute atomic E-state index is 0.00227. The van der Waals surface area contributed by atoms with Gasteiger partial charge in [-0.3, -0.25) is 4.99 Å². The van der Waals surface area contributed by atoms with Crippen LogP contribution in [0.3, 0.4) is 0 Å². The summed E-state index contributed by atoms with van der Waals surface area (Å²) in [5.41, 5.74) is 0. The van der Waals surface area contributed by atoms with E-state index in [1.54, 1.807) is 7.05 Å². The number of hydrogen-bond acceptors (Lipinski definition) is 4. The first-order valence-electron chi connectivity index (χ1n) is 4.98. The van der Waals surface area contributed by atoms with Crippen molar-refractivity contribution in [2.75, 3.05) is 7.05 Å². The highest BCUT2D eigenvalue weighted by Crippen LogP contribution is 2.41. The molecule has 6 heteroatoms. The van der Waals surface area contributed by atoms with Crippen LogP contribution in [0.5, 0.6) is 0 Å². The van der Waals surface area contributed by atoms with Crippen molar-refractivity contribution in [3.05, 3.63) is 0 Å². The first-order valence-corrected chi connectivity index (χ1v) is 5.92. The number of rotatable bonds is 1. The van der Waals surface area contributed by atoms with Gasteiger partial charge in [0.25, 0.3) is 6.43 Å². The molecule has 2 aliphatic rings. The number of aliphatic hydroxyl groups excluding tert-OH is 1. The van der Waals surface area contributed by atoms with E-state index in [0.717, 1.165) is 5.84 Å². The first kappa shape index (κ1) is 11.1. The van der Waals surface area contributed by atoms with E-state index in [-0.39, 0.29) is 11.3 Å². The molecule has 2 N–H and O–H groups in total. The van der Waals surface area contributed by atoms with Crippen LogP contribution in [0.2, 0.25) is 0 Å². The van der Waals surface area contributed by atoms with Gasteiger partial charge in [-0.15, -0.1) is 11.8 Å². The van der Waals surface area contributed by atoms with Crippen LogP contribution in [0.15, 0.2) is 4.99 Å². The molecule has 15 heavy (non-hydrogen) atoms. The second-order valence-corrected chi connectivity index (χ2v) is 5.30. The summed E-state index contributed by atoms with van der Waals surface area (Å²) in [7, 11) is 1.78. The van der Waals surface area contributed by atoms with E-state index >= 15 is 0 Å². The fraction of sp³-hybridized carbons (Fsp3) is 0.889. The predicted octanol–water partition coefficient (Wildman–Crippen LogP) is 0.877. The van der Waals surface area contributed by atoms with Crippen LogP contribution in [0, 0.1) is 0 Å². The van der Waals surface area contributed by atoms with Gasteiger partial charge in [0.1, 0.15) is 0 Å². The van der Waals surface area contributed by atoms with Gasteiger partial charge in [-0.2, -0.15) is 0 Å². The molecule has 0 aliphatic carbocycles. The Labute approximate surface area is 91.3 Å². The maximum Gasteiger partial charge on any atom is 0.252 e. The number of aliphatic hydroxyl groups is 1. The molecule has 2 aliphatic heterocycles. The fourth-order valence-electron chi connectivity index (χ4n) is 2.07. The van der Waals surface area contributed by atoms with Gasteiger partial charge in [0.2, 0.25) is 0 Å². The molecule has 0 aromatic rings. The van der Waals surface area contributed by atoms with Crippen molar-refractivity contribution in [2.45, 2.75) is 41.9 Å². The molecule has 86 valence electrons. The van der Waals surface area contributed by atoms with Gasteiger partial charge in [0.15, 0.2) is 0 Å². The van der Waals surface area contributed by atoms with Crippen molar-refractivity contribution in [2.24, 2.45) is 4.99 Å². The minimum Gasteiger partial charge on any atom is -0.392 e. The number of nitrogens with zero attached hydrogens (tertiary/aromatic N) is 1. The van der Waals surface area contributed by atoms with Crippen LogP contribution in [-0.2, 0) is 0 Å². The first-order chi connectivity index (χ1) is 7.11. The molecular formula is C9H14F2N2OS. The summed E-state index contributed by atoms with van der Waals surface area (Å²) in [5.74, 6) is 0.861. The van der Waals surface area contributed by atoms with Crippen molar-refractivity contribution >= 4 is 17.6 Å². The Morgan fingerprint density at radius 1 is 1.60 bits per heavy atom. The van der Waals surface area contributed by atoms with E-state index in [1.807, 2.05) is 0 Å². The Bertz CT molecular complexity index is 275. The third kappa shape index (κ3) is 2.10. The standard InChI is InChI=1S/C9H14F2N2OS/c1-12-7-3-6-4(13-7)2-5(14)8(15-6)9(10)11/h4-6,8-9,14H,2-3H2,1H3,(H,12,13)/t4-,5+,6-,8?/m1/s1. The third-order valence-corrected chi connectivity index (χ3v) is 4.54. The molecular weight excluding hydrogens is 222 g/mol. The molecule has 0 spiro atoms. The number of alkyl halides is 2. The Balaban J connectivity index is 2.03. The summed E-state index contributed by atoms with van der Waals surface area (Å²) in [6.07, 6.45) is -2.32. The number of aliphatic imine (C=N–C) groups is 1. The summed E-state index contributed by atoms with van der Waals surface area (Å²) in [6.45, 7) is 0. The largest absolute Gasteiger partial charge is 0.392 e. The van der Waals surface area contributed by atoms with Gasteiger partial charge in [0.05, 0.1) is 23.2 Å². The SMILES string of the molecule is CNC1=N[C@@H]2C[C@H](O)C(C(F)F)S[C@@H]2C1. The van der Waals surface area contributed by atoms with E-state index in [0.29, 0.717) is 12.8 Å². The molecule has 2 heterocycles. The minimum atomic E-state index is -2.45. The number of halogens is 2. The molecule has 0 aromatic heterocycles. The lowest BCUT2D eigenvalue weighted by Crippen LogP contribution is -2.41. The summed E-state index contributed by atoms with van der Waals surface area (Å²) < 4.78 is 25.1. The van der Waals surface area contributed by atoms with Crippen molar-refractivity contribution < 1.29 is 13.9 Å². The van der Waals surface area contributed by atoms with E-state index < -0.39 is 17.8 Å². The van der Waals surface area contributed by atoms with Gasteiger partial charge >= 0.3 is 0 Å². The lowest BCUT2D eigenvalue weighted by Gasteiger charge is -2.33. The number of nitrogens with one attached hydrogen (secondary N) is 1. The Hall–Kier alpha value is -0.360. The number of fused-ring (bicyclic) bond motifs is 1. The van der Waals surface area contributed by atoms with Gasteiger partial charge in [-0.1, -0.05) is 0 Å². The van der Waals surface area contributed by atoms with E-state index in [1.165, 1.54) is 11.8 Å². The van der Waals surface area contributed by atoms with Gasteiger partial charge in [0, 0.05) is 18.7 Å². The van der Waals surface area contributed by atoms with Crippen molar-refractivity contribution in [3.8, 4) is 0 Å². The molecule has 3 nitrogen and oxygen atoms in total. The fourth-order valence-corrected chi connectivity index (χ4v) is 3.50. The average Bonchev–Trinajstić information content (AvgIpc) is 2.58. The maximum atomic E-state index is 12.6. The molecule has 0 aromatic carbocycles. The van der Waals surface area contributed by atoms with Crippen molar-refractivity contribution in [1.29, 1.82) is 0 Å². The zero-order valence-electron chi connectivity index (χ0n) is 8.36. The normalized spacial score (nSPS) is 40.2. The lowest BCUT2D eigenvalue weighted by molar-refractivity contribution is 0.0583. The second-order valence-electron chi connectivity index (χ2n) is 3.87. The predicted molar refractivity (Wildman–Crippen MR) is 56.7 cm³/mol. The molecule has 0 bridgehead atoms. The Morgan fingerprint density at radius 3 is 2.93 bits per heavy atom. The molecule has 4 atom stereocenters. The number of thioether (sulfide) groups is 1. The zero-order valence-corrected chi connectivity index (χ0v) is 9.18. The van der Waals surface area contributed by atoms with Crippen LogP contribution in [-0.4, -0.2) is 47.1 Å². The molecule has 1 fully saturated rings. The van der Waals surface area contributed by atoms with E-state index in [9.17, 15) is 13.9 Å². The number of hydrogen-bond donors (Lipinski definition) is 2. The molecule has 1 saturated heterocycles. The van der Waals surface area contributed by atoms with Crippen LogP contribution in [0.1, 0.15) is 12.8 Å². The van der Waals surface area contributed by atoms with Crippen LogP contribution in [0.25, 0.3) is 0 Å². The van der Waals surface area contributed by atoms with Gasteiger partial charge < -0.3 is 10.4 Å². The molecule has 0 amide bonds. The molecule has 0 saturated carbocycles. The molecule has 0 radical (unpaired) electrons. The van der Waals surface area contributed by atoms with Crippen molar-refractivity contribution in [1.82, 2.24) is 5.32 Å². The highest BCUT2D eigenvalue weighted by atomic mass is 32.2. The summed E-state index contributed by atoms with van der Waals surface area (Å²) in [5, 5.41) is 11.7. The average molecular weight is 236 g/mol. The van der Waals surface area contributed by atoms with Crippen LogP contribution >= 0.6 is 11.8 Å². The quantitative estimate of drug-likeness (QED) is 0.710. The molecule has 2 rings (SSSR count). The highest BCUT2D eigenvalue weighted by Gasteiger charge is 2.43. The third-order valence-electron chi connectivity index (χ3n) is 2.88. The Kier molecular flexibility index (Phi) is 3.16. The zero-order chi connectivity index (χ0) is 11.0. The monoisotopic (exact) mass is 236 g/mol. The maximum absolute atomic E-state index is 12.6. The van der Waals surface area contributed by atoms with Crippen LogP contribution < -0.4 is 5.32 Å². The van der Waals surface area contributed by atoms with Crippen molar-refractivity contribution in [3.63, 3.8) is 0 Å². The summed E-state index contributed by atoms with van der Waals surface area (Å²) >= 11 is 1.18. The lowest BCUT2D eigenvalue weighted by atomic mass is 10.0. The second kappa shape index (κ2) is 4.25. The van der Waals surface area contributed by atoms with Gasteiger partial charge in [-0.25, -0.2) is 8.78 Å². The van der Waals surface area contributed by atoms with Gasteiger partial charge in [-0.05, 0) is 6.42 Å². The Morgan fingerprint density at radius 2 is 2.33 bits per heavy atom. The van der Waals surface area contributed by atoms with Crippen LogP contribution in [0.4, 0.5) is 8.78 Å². The topological polar surface area (TPSA) is 44.6 Å². The van der Waals surface area contributed by atoms with E-state index in [4.69, 9.17) is 0 Å². The smallest absolute Gasteiger partial charge is 0.252 e. The highest BCUT2D eigenvalue weighted by molar-refractivity contribution is 8.00. The van der Waals surface area contributed by atoms with E-state index in [2.05, 4.69) is 10.3 Å².